The number of methoxy groups -OCH3 is 1. The monoisotopic (exact) mass is 480 g/mol. The normalized spacial score (nSPS) is 12.3. The summed E-state index contributed by atoms with van der Waals surface area (Å²) in [7, 11) is -2.59. The molecule has 0 aliphatic rings. The lowest BCUT2D eigenvalue weighted by Gasteiger charge is -2.26. The van der Waals surface area contributed by atoms with E-state index in [4.69, 9.17) is 16.3 Å². The van der Waals surface area contributed by atoms with Gasteiger partial charge in [0.1, 0.15) is 12.3 Å². The fourth-order valence-corrected chi connectivity index (χ4v) is 4.97. The zero-order valence-corrected chi connectivity index (χ0v) is 20.8. The van der Waals surface area contributed by atoms with Crippen LogP contribution < -0.4 is 14.4 Å². The molecule has 0 saturated heterocycles. The van der Waals surface area contributed by atoms with E-state index in [0.29, 0.717) is 23.2 Å². The molecule has 32 heavy (non-hydrogen) atoms. The number of sulfonamides is 1. The van der Waals surface area contributed by atoms with Crippen molar-refractivity contribution in [1.82, 2.24) is 5.32 Å². The average molecular weight is 481 g/mol. The van der Waals surface area contributed by atoms with E-state index in [-0.39, 0.29) is 23.0 Å². The molecule has 0 aliphatic heterocycles. The van der Waals surface area contributed by atoms with Gasteiger partial charge >= 0.3 is 0 Å². The van der Waals surface area contributed by atoms with Crippen LogP contribution in [0, 0.1) is 12.8 Å². The SMILES string of the molecule is CCCCC(CC)CNC(=O)CN(c1cc(Cl)ccc1OC)S(=O)(=O)c1ccc(C)cc1. The number of aryl methyl sites for hydroxylation is 1. The minimum absolute atomic E-state index is 0.0901. The Kier molecular flexibility index (Phi) is 9.84. The number of carbonyl (C=O) groups excluding carboxylic acids is 1. The molecule has 0 spiro atoms. The standard InChI is InChI=1S/C24H33ClN2O4S/c1-5-7-8-19(6-2)16-26-24(28)17-27(22-15-20(25)11-14-23(22)31-4)32(29,30)21-12-9-18(3)10-13-21/h9-15,19H,5-8,16-17H2,1-4H3,(H,26,28). The van der Waals surface area contributed by atoms with Crippen molar-refractivity contribution in [2.75, 3.05) is 24.5 Å². The van der Waals surface area contributed by atoms with Crippen LogP contribution >= 0.6 is 11.6 Å². The Morgan fingerprint density at radius 1 is 1.16 bits per heavy atom. The third-order valence-electron chi connectivity index (χ3n) is 5.44. The second-order valence-corrected chi connectivity index (χ2v) is 10.2. The maximum absolute atomic E-state index is 13.5. The molecule has 0 saturated carbocycles. The van der Waals surface area contributed by atoms with E-state index < -0.39 is 10.0 Å². The molecule has 2 rings (SSSR count). The summed E-state index contributed by atoms with van der Waals surface area (Å²) in [6.07, 6.45) is 4.18. The predicted molar refractivity (Wildman–Crippen MR) is 130 cm³/mol. The van der Waals surface area contributed by atoms with Crippen LogP contribution in [0.2, 0.25) is 5.02 Å². The summed E-state index contributed by atoms with van der Waals surface area (Å²) in [6, 6.07) is 11.2. The van der Waals surface area contributed by atoms with E-state index in [1.165, 1.54) is 25.3 Å². The number of hydrogen-bond donors (Lipinski definition) is 1. The topological polar surface area (TPSA) is 75.7 Å². The number of halogens is 1. The van der Waals surface area contributed by atoms with Gasteiger partial charge < -0.3 is 10.1 Å². The smallest absolute Gasteiger partial charge is 0.264 e. The molecule has 2 aromatic rings. The summed E-state index contributed by atoms with van der Waals surface area (Å²) in [5.74, 6) is 0.298. The van der Waals surface area contributed by atoms with E-state index in [1.807, 2.05) is 6.92 Å². The highest BCUT2D eigenvalue weighted by Gasteiger charge is 2.29. The zero-order valence-electron chi connectivity index (χ0n) is 19.2. The van der Waals surface area contributed by atoms with E-state index in [0.717, 1.165) is 35.6 Å². The van der Waals surface area contributed by atoms with Gasteiger partial charge in [0.05, 0.1) is 17.7 Å². The third-order valence-corrected chi connectivity index (χ3v) is 7.45. The first-order valence-electron chi connectivity index (χ1n) is 10.9. The first-order chi connectivity index (χ1) is 15.2. The molecule has 0 aliphatic carbocycles. The molecule has 1 unspecified atom stereocenters. The second kappa shape index (κ2) is 12.1. The quantitative estimate of drug-likeness (QED) is 0.454. The van der Waals surface area contributed by atoms with E-state index in [9.17, 15) is 13.2 Å². The van der Waals surface area contributed by atoms with Crippen molar-refractivity contribution in [3.63, 3.8) is 0 Å². The van der Waals surface area contributed by atoms with Crippen molar-refractivity contribution in [3.8, 4) is 5.75 Å². The van der Waals surface area contributed by atoms with E-state index >= 15 is 0 Å². The van der Waals surface area contributed by atoms with Gasteiger partial charge in [-0.25, -0.2) is 8.42 Å². The summed E-state index contributed by atoms with van der Waals surface area (Å²) in [5, 5.41) is 3.25. The molecule has 6 nitrogen and oxygen atoms in total. The molecule has 1 amide bonds. The van der Waals surface area contributed by atoms with Crippen molar-refractivity contribution in [3.05, 3.63) is 53.1 Å². The summed E-state index contributed by atoms with van der Waals surface area (Å²) in [5.41, 5.74) is 1.15. The maximum atomic E-state index is 13.5. The summed E-state index contributed by atoms with van der Waals surface area (Å²) >= 11 is 6.16. The lowest BCUT2D eigenvalue weighted by Crippen LogP contribution is -2.42. The van der Waals surface area contributed by atoms with Crippen molar-refractivity contribution in [2.45, 2.75) is 51.3 Å². The number of ether oxygens (including phenoxy) is 1. The number of carbonyl (C=O) groups is 1. The molecule has 176 valence electrons. The summed E-state index contributed by atoms with van der Waals surface area (Å²) in [4.78, 5) is 12.9. The van der Waals surface area contributed by atoms with E-state index in [2.05, 4.69) is 19.2 Å². The molecule has 0 aromatic heterocycles. The van der Waals surface area contributed by atoms with Crippen molar-refractivity contribution >= 4 is 33.2 Å². The maximum Gasteiger partial charge on any atom is 0.264 e. The number of nitrogens with zero attached hydrogens (tertiary/aromatic N) is 1. The molecule has 8 heteroatoms. The van der Waals surface area contributed by atoms with Crippen molar-refractivity contribution < 1.29 is 17.9 Å². The number of unbranched alkanes of at least 4 members (excludes halogenated alkanes) is 1. The molecular weight excluding hydrogens is 448 g/mol. The predicted octanol–water partition coefficient (Wildman–Crippen LogP) is 5.18. The Morgan fingerprint density at radius 2 is 1.84 bits per heavy atom. The number of rotatable bonds is 12. The lowest BCUT2D eigenvalue weighted by molar-refractivity contribution is -0.119. The number of amides is 1. The van der Waals surface area contributed by atoms with Gasteiger partial charge in [-0.1, -0.05) is 62.4 Å². The number of hydrogen-bond acceptors (Lipinski definition) is 4. The fourth-order valence-electron chi connectivity index (χ4n) is 3.38. The highest BCUT2D eigenvalue weighted by Crippen LogP contribution is 2.34. The molecule has 1 N–H and O–H groups in total. The minimum atomic E-state index is -4.04. The van der Waals surface area contributed by atoms with Gasteiger partial charge in [-0.3, -0.25) is 9.10 Å². The number of benzene rings is 2. The second-order valence-electron chi connectivity index (χ2n) is 7.86. The highest BCUT2D eigenvalue weighted by atomic mass is 35.5. The number of anilines is 1. The molecule has 0 heterocycles. The lowest BCUT2D eigenvalue weighted by atomic mass is 9.99. The fraction of sp³-hybridized carbons (Fsp3) is 0.458. The van der Waals surface area contributed by atoms with Crippen LogP contribution in [0.4, 0.5) is 5.69 Å². The first kappa shape index (κ1) is 26.0. The van der Waals surface area contributed by atoms with Crippen LogP contribution in [0.15, 0.2) is 47.4 Å². The van der Waals surface area contributed by atoms with Crippen LogP contribution in [0.3, 0.4) is 0 Å². The average Bonchev–Trinajstić information content (AvgIpc) is 2.77. The number of nitrogens with one attached hydrogen (secondary N) is 1. The molecule has 2 aromatic carbocycles. The van der Waals surface area contributed by atoms with Crippen LogP contribution in [-0.4, -0.2) is 34.5 Å². The minimum Gasteiger partial charge on any atom is -0.495 e. The molecule has 1 atom stereocenters. The van der Waals surface area contributed by atoms with Gasteiger partial charge in [0.25, 0.3) is 10.0 Å². The molecule has 0 fully saturated rings. The molecule has 0 bridgehead atoms. The van der Waals surface area contributed by atoms with Gasteiger partial charge in [-0.05, 0) is 49.6 Å². The molecule has 0 radical (unpaired) electrons. The van der Waals surface area contributed by atoms with E-state index in [1.54, 1.807) is 24.3 Å². The van der Waals surface area contributed by atoms with Crippen LogP contribution in [0.5, 0.6) is 5.75 Å². The van der Waals surface area contributed by atoms with Gasteiger partial charge in [-0.2, -0.15) is 0 Å². The van der Waals surface area contributed by atoms with Crippen molar-refractivity contribution in [2.24, 2.45) is 5.92 Å². The van der Waals surface area contributed by atoms with Crippen LogP contribution in [0.1, 0.15) is 45.1 Å². The van der Waals surface area contributed by atoms with Gasteiger partial charge in [0, 0.05) is 11.6 Å². The van der Waals surface area contributed by atoms with Crippen LogP contribution in [0.25, 0.3) is 0 Å². The third kappa shape index (κ3) is 6.87. The summed E-state index contributed by atoms with van der Waals surface area (Å²) in [6.45, 7) is 6.25. The Labute approximate surface area is 197 Å². The zero-order chi connectivity index (χ0) is 23.7. The van der Waals surface area contributed by atoms with Gasteiger partial charge in [0.2, 0.25) is 5.91 Å². The Balaban J connectivity index is 2.36. The highest BCUT2D eigenvalue weighted by molar-refractivity contribution is 7.92. The van der Waals surface area contributed by atoms with Gasteiger partial charge in [0.15, 0.2) is 0 Å². The largest absolute Gasteiger partial charge is 0.495 e. The van der Waals surface area contributed by atoms with Crippen molar-refractivity contribution in [1.29, 1.82) is 0 Å². The first-order valence-corrected chi connectivity index (χ1v) is 12.7. The summed E-state index contributed by atoms with van der Waals surface area (Å²) < 4.78 is 33.5. The Hall–Kier alpha value is -2.25. The van der Waals surface area contributed by atoms with Gasteiger partial charge in [-0.15, -0.1) is 0 Å². The molecular formula is C24H33ClN2O4S. The Bertz CT molecular complexity index is 994. The Morgan fingerprint density at radius 3 is 2.44 bits per heavy atom. The van der Waals surface area contributed by atoms with Crippen LogP contribution in [-0.2, 0) is 14.8 Å².